The highest BCUT2D eigenvalue weighted by Gasteiger charge is 2.22. The number of anilines is 1. The van der Waals surface area contributed by atoms with Crippen LogP contribution >= 0.6 is 0 Å². The molecule has 1 aromatic heterocycles. The molecule has 1 heterocycles. The van der Waals surface area contributed by atoms with Crippen molar-refractivity contribution in [3.05, 3.63) is 101 Å². The number of rotatable bonds is 5. The topological polar surface area (TPSA) is 106 Å². The third-order valence-corrected chi connectivity index (χ3v) is 6.70. The largest absolute Gasteiger partial charge is 0.403 e. The zero-order valence-electron chi connectivity index (χ0n) is 17.1. The zero-order chi connectivity index (χ0) is 23.0. The summed E-state index contributed by atoms with van der Waals surface area (Å²) >= 11 is 0. The van der Waals surface area contributed by atoms with Gasteiger partial charge < -0.3 is 4.42 Å². The van der Waals surface area contributed by atoms with Crippen LogP contribution in [0.2, 0.25) is 0 Å². The Morgan fingerprint density at radius 3 is 2.33 bits per heavy atom. The number of benzene rings is 4. The van der Waals surface area contributed by atoms with Gasteiger partial charge in [-0.3, -0.25) is 9.52 Å². The average molecular weight is 456 g/mol. The molecule has 5 rings (SSSR count). The van der Waals surface area contributed by atoms with Gasteiger partial charge in [0.25, 0.3) is 10.0 Å². The fraction of sp³-hybridized carbons (Fsp3) is 0. The fourth-order valence-corrected chi connectivity index (χ4v) is 5.00. The molecular weight excluding hydrogens is 440 g/mol. The lowest BCUT2D eigenvalue weighted by molar-refractivity contribution is 0.112. The summed E-state index contributed by atoms with van der Waals surface area (Å²) in [4.78, 5) is 28.5. The lowest BCUT2D eigenvalue weighted by atomic mass is 10.1. The van der Waals surface area contributed by atoms with E-state index in [4.69, 9.17) is 4.42 Å². The molecule has 0 amide bonds. The number of nitrogens with zero attached hydrogens (tertiary/aromatic N) is 1. The van der Waals surface area contributed by atoms with Gasteiger partial charge in [0.05, 0.1) is 27.0 Å². The molecule has 0 radical (unpaired) electrons. The van der Waals surface area contributed by atoms with E-state index in [-0.39, 0.29) is 27.6 Å². The van der Waals surface area contributed by atoms with E-state index in [1.165, 1.54) is 12.1 Å². The Labute approximate surface area is 188 Å². The predicted octanol–water partition coefficient (Wildman–Crippen LogP) is 4.62. The molecule has 1 N–H and O–H groups in total. The van der Waals surface area contributed by atoms with E-state index in [0.29, 0.717) is 22.6 Å². The van der Waals surface area contributed by atoms with Crippen molar-refractivity contribution < 1.29 is 17.6 Å². The van der Waals surface area contributed by atoms with Crippen LogP contribution in [-0.2, 0) is 10.0 Å². The normalized spacial score (nSPS) is 11.5. The number of hydrogen-bond donors (Lipinski definition) is 1. The molecule has 8 heteroatoms. The molecule has 5 aromatic rings. The smallest absolute Gasteiger partial charge is 0.347 e. The van der Waals surface area contributed by atoms with Crippen molar-refractivity contribution in [3.8, 4) is 11.5 Å². The molecule has 0 bridgehead atoms. The summed E-state index contributed by atoms with van der Waals surface area (Å²) < 4.78 is 34.5. The van der Waals surface area contributed by atoms with Gasteiger partial charge in [-0.05, 0) is 41.1 Å². The molecule has 0 saturated heterocycles. The molecule has 0 saturated carbocycles. The summed E-state index contributed by atoms with van der Waals surface area (Å²) in [5.74, 6) is -0.0221. The highest BCUT2D eigenvalue weighted by molar-refractivity contribution is 7.92. The van der Waals surface area contributed by atoms with Gasteiger partial charge in [0.15, 0.2) is 6.29 Å². The van der Waals surface area contributed by atoms with Crippen LogP contribution < -0.4 is 10.3 Å². The van der Waals surface area contributed by atoms with Crippen LogP contribution in [0.5, 0.6) is 0 Å². The minimum absolute atomic E-state index is 0.0221. The Bertz CT molecular complexity index is 1710. The quantitative estimate of drug-likeness (QED) is 0.387. The molecule has 0 spiro atoms. The van der Waals surface area contributed by atoms with Crippen LogP contribution in [0.15, 0.2) is 99.0 Å². The van der Waals surface area contributed by atoms with Crippen LogP contribution in [0, 0.1) is 0 Å². The van der Waals surface area contributed by atoms with Crippen molar-refractivity contribution in [1.29, 1.82) is 0 Å². The van der Waals surface area contributed by atoms with Crippen LogP contribution in [0.4, 0.5) is 5.69 Å². The summed E-state index contributed by atoms with van der Waals surface area (Å²) in [6, 6.07) is 23.3. The summed E-state index contributed by atoms with van der Waals surface area (Å²) in [6.45, 7) is 0. The van der Waals surface area contributed by atoms with E-state index < -0.39 is 15.6 Å². The Hall–Kier alpha value is -4.30. The first-order chi connectivity index (χ1) is 16.0. The first-order valence-corrected chi connectivity index (χ1v) is 11.5. The van der Waals surface area contributed by atoms with Gasteiger partial charge in [-0.1, -0.05) is 54.6 Å². The second-order valence-corrected chi connectivity index (χ2v) is 8.94. The van der Waals surface area contributed by atoms with Gasteiger partial charge >= 0.3 is 5.63 Å². The monoisotopic (exact) mass is 456 g/mol. The Morgan fingerprint density at radius 1 is 0.818 bits per heavy atom. The van der Waals surface area contributed by atoms with E-state index >= 15 is 0 Å². The Balaban J connectivity index is 1.63. The number of carbonyl (C=O) groups is 1. The highest BCUT2D eigenvalue weighted by Crippen LogP contribution is 2.31. The minimum atomic E-state index is -4.16. The van der Waals surface area contributed by atoms with Crippen molar-refractivity contribution in [1.82, 2.24) is 4.98 Å². The van der Waals surface area contributed by atoms with Gasteiger partial charge in [0, 0.05) is 5.56 Å². The molecule has 0 unspecified atom stereocenters. The number of para-hydroxylation sites is 2. The van der Waals surface area contributed by atoms with E-state index in [0.717, 1.165) is 5.39 Å². The maximum atomic E-state index is 13.3. The first kappa shape index (κ1) is 20.6. The molecule has 33 heavy (non-hydrogen) atoms. The number of hydrogen-bond acceptors (Lipinski definition) is 6. The summed E-state index contributed by atoms with van der Waals surface area (Å²) in [5.41, 5.74) is 0.365. The standard InChI is InChI=1S/C25H16N2O5S/c28-15-20-17-8-2-1-7-16(17)13-14-23(20)33(30,31)27-22-12-6-3-9-18(22)24-26-21-11-5-4-10-19(21)25(29)32-24/h1-15,27H. The molecule has 0 aliphatic rings. The molecule has 0 aliphatic carbocycles. The second-order valence-electron chi connectivity index (χ2n) is 7.29. The van der Waals surface area contributed by atoms with Gasteiger partial charge in [-0.2, -0.15) is 0 Å². The van der Waals surface area contributed by atoms with Gasteiger partial charge in [-0.25, -0.2) is 18.2 Å². The molecule has 7 nitrogen and oxygen atoms in total. The van der Waals surface area contributed by atoms with Crippen molar-refractivity contribution >= 4 is 43.7 Å². The highest BCUT2D eigenvalue weighted by atomic mass is 32.2. The molecule has 0 fully saturated rings. The van der Waals surface area contributed by atoms with Gasteiger partial charge in [0.2, 0.25) is 5.89 Å². The van der Waals surface area contributed by atoms with E-state index in [1.807, 2.05) is 6.07 Å². The zero-order valence-corrected chi connectivity index (χ0v) is 17.9. The number of aldehydes is 1. The number of aromatic nitrogens is 1. The number of nitrogens with one attached hydrogen (secondary N) is 1. The maximum Gasteiger partial charge on any atom is 0.347 e. The molecular formula is C25H16N2O5S. The van der Waals surface area contributed by atoms with Gasteiger partial charge in [0.1, 0.15) is 0 Å². The van der Waals surface area contributed by atoms with E-state index in [2.05, 4.69) is 9.71 Å². The SMILES string of the molecule is O=Cc1c(S(=O)(=O)Nc2ccccc2-c2nc3ccccc3c(=O)o2)ccc2ccccc12. The summed E-state index contributed by atoms with van der Waals surface area (Å²) in [6.07, 6.45) is 0.534. The fourth-order valence-electron chi connectivity index (χ4n) is 3.72. The lowest BCUT2D eigenvalue weighted by Crippen LogP contribution is -2.16. The molecule has 0 atom stereocenters. The van der Waals surface area contributed by atoms with Gasteiger partial charge in [-0.15, -0.1) is 0 Å². The van der Waals surface area contributed by atoms with E-state index in [9.17, 15) is 18.0 Å². The third kappa shape index (κ3) is 3.66. The number of fused-ring (bicyclic) bond motifs is 2. The van der Waals surface area contributed by atoms with E-state index in [1.54, 1.807) is 66.7 Å². The molecule has 4 aromatic carbocycles. The Morgan fingerprint density at radius 2 is 1.52 bits per heavy atom. The number of sulfonamides is 1. The maximum absolute atomic E-state index is 13.3. The van der Waals surface area contributed by atoms with Crippen LogP contribution in [0.3, 0.4) is 0 Å². The molecule has 162 valence electrons. The third-order valence-electron chi connectivity index (χ3n) is 5.28. The van der Waals surface area contributed by atoms with Crippen LogP contribution in [-0.4, -0.2) is 19.7 Å². The first-order valence-electron chi connectivity index (χ1n) is 9.97. The summed E-state index contributed by atoms with van der Waals surface area (Å²) in [5, 5.41) is 1.61. The van der Waals surface area contributed by atoms with Crippen molar-refractivity contribution in [2.45, 2.75) is 4.90 Å². The lowest BCUT2D eigenvalue weighted by Gasteiger charge is -2.14. The average Bonchev–Trinajstić information content (AvgIpc) is 2.83. The Kier molecular flexibility index (Phi) is 4.99. The van der Waals surface area contributed by atoms with Crippen LogP contribution in [0.1, 0.15) is 10.4 Å². The van der Waals surface area contributed by atoms with Crippen molar-refractivity contribution in [2.75, 3.05) is 4.72 Å². The van der Waals surface area contributed by atoms with Crippen LogP contribution in [0.25, 0.3) is 33.1 Å². The predicted molar refractivity (Wildman–Crippen MR) is 126 cm³/mol. The van der Waals surface area contributed by atoms with Crippen molar-refractivity contribution in [3.63, 3.8) is 0 Å². The number of carbonyl (C=O) groups excluding carboxylic acids is 1. The summed E-state index contributed by atoms with van der Waals surface area (Å²) in [7, 11) is -4.16. The van der Waals surface area contributed by atoms with Crippen molar-refractivity contribution in [2.24, 2.45) is 0 Å². The molecule has 0 aliphatic heterocycles. The second kappa shape index (κ2) is 7.99. The minimum Gasteiger partial charge on any atom is -0.403 e.